The number of β-amino-alcohol motifs (C(OH)–C–C–N with tert-alkyl or cyclic N) is 1. The normalized spacial score (nSPS) is 17.3. The molecule has 0 radical (unpaired) electrons. The monoisotopic (exact) mass is 1040 g/mol. The summed E-state index contributed by atoms with van der Waals surface area (Å²) in [7, 11) is 0. The number of rotatable bonds is 15. The van der Waals surface area contributed by atoms with E-state index in [9.17, 15) is 29.1 Å². The summed E-state index contributed by atoms with van der Waals surface area (Å²) in [5.74, 6) is 0.170. The molecular weight excluding hydrogens is 983 g/mol. The summed E-state index contributed by atoms with van der Waals surface area (Å²) < 4.78 is 18.7. The summed E-state index contributed by atoms with van der Waals surface area (Å²) in [5.41, 5.74) is 6.19. The third-order valence-corrected chi connectivity index (χ3v) is 14.0. The Bertz CT molecular complexity index is 3040. The van der Waals surface area contributed by atoms with Crippen molar-refractivity contribution >= 4 is 64.0 Å². The zero-order valence-electron chi connectivity index (χ0n) is 42.7. The van der Waals surface area contributed by atoms with Gasteiger partial charge in [-0.15, -0.1) is 11.3 Å². The minimum Gasteiger partial charge on any atom is -0.482 e. The fraction of sp³-hybridized carbons (Fsp3) is 0.423. The maximum atomic E-state index is 14.1. The summed E-state index contributed by atoms with van der Waals surface area (Å²) in [6, 6.07) is 11.2. The van der Waals surface area contributed by atoms with E-state index in [-0.39, 0.29) is 50.6 Å². The number of aliphatic hydroxyl groups excluding tert-OH is 1. The SMILES string of the molecule is Cc1ncsc1-c1ccc(CNC(=O)[C@@H]2C[C@@H](O)CN2C(=O)[C@@H](NC(=O)COc2ccc(N3CCN(CC(=O)Nc4cn5cc(-c6cnc7c(c6)N(C(=O)OC(C)C)CCO7)ncc5n4)CC3)nc2)C(C)(C)C)cc1. The van der Waals surface area contributed by atoms with E-state index >= 15 is 0 Å². The Balaban J connectivity index is 0.720. The van der Waals surface area contributed by atoms with E-state index in [0.717, 1.165) is 21.7 Å². The molecule has 5 amide bonds. The second-order valence-corrected chi connectivity index (χ2v) is 20.9. The van der Waals surface area contributed by atoms with Gasteiger partial charge in [-0.2, -0.15) is 0 Å². The molecule has 0 saturated carbocycles. The first-order valence-electron chi connectivity index (χ1n) is 24.8. The van der Waals surface area contributed by atoms with Gasteiger partial charge in [0.25, 0.3) is 5.91 Å². The van der Waals surface area contributed by atoms with Crippen LogP contribution in [-0.4, -0.2) is 157 Å². The Morgan fingerprint density at radius 3 is 2.40 bits per heavy atom. The van der Waals surface area contributed by atoms with Crippen LogP contribution in [0.25, 0.3) is 27.3 Å². The molecule has 8 heterocycles. The lowest BCUT2D eigenvalue weighted by atomic mass is 9.85. The number of hydrogen-bond donors (Lipinski definition) is 4. The van der Waals surface area contributed by atoms with Crippen molar-refractivity contribution in [2.75, 3.05) is 74.1 Å². The van der Waals surface area contributed by atoms with E-state index in [1.54, 1.807) is 72.6 Å². The quantitative estimate of drug-likeness (QED) is 0.112. The summed E-state index contributed by atoms with van der Waals surface area (Å²) in [6.45, 7) is 14.1. The van der Waals surface area contributed by atoms with Crippen LogP contribution >= 0.6 is 11.3 Å². The number of aliphatic hydroxyl groups is 1. The number of aromatic nitrogens is 6. The van der Waals surface area contributed by atoms with Crippen LogP contribution in [-0.2, 0) is 30.5 Å². The van der Waals surface area contributed by atoms with Gasteiger partial charge in [0.15, 0.2) is 18.1 Å². The largest absolute Gasteiger partial charge is 0.482 e. The number of nitrogens with zero attached hydrogens (tertiary/aromatic N) is 10. The molecule has 22 nitrogen and oxygen atoms in total. The molecule has 3 aliphatic heterocycles. The molecule has 3 aliphatic rings. The van der Waals surface area contributed by atoms with Crippen molar-refractivity contribution in [1.82, 2.24) is 49.8 Å². The van der Waals surface area contributed by atoms with Crippen LogP contribution in [0.4, 0.5) is 22.1 Å². The zero-order chi connectivity index (χ0) is 53.0. The average molecular weight is 1040 g/mol. The van der Waals surface area contributed by atoms with Gasteiger partial charge in [0.2, 0.25) is 23.6 Å². The molecule has 6 aromatic rings. The molecule has 0 spiro atoms. The van der Waals surface area contributed by atoms with Gasteiger partial charge in [-0.3, -0.25) is 34.0 Å². The van der Waals surface area contributed by atoms with Gasteiger partial charge < -0.3 is 49.5 Å². The highest BCUT2D eigenvalue weighted by Crippen LogP contribution is 2.34. The second kappa shape index (κ2) is 22.4. The van der Waals surface area contributed by atoms with Crippen LogP contribution in [0.5, 0.6) is 11.6 Å². The Hall–Kier alpha value is -7.76. The predicted molar refractivity (Wildman–Crippen MR) is 279 cm³/mol. The molecule has 75 heavy (non-hydrogen) atoms. The van der Waals surface area contributed by atoms with Crippen molar-refractivity contribution in [2.45, 2.75) is 78.8 Å². The highest BCUT2D eigenvalue weighted by atomic mass is 32.1. The van der Waals surface area contributed by atoms with Crippen LogP contribution < -0.4 is 35.2 Å². The molecule has 0 aliphatic carbocycles. The molecule has 2 saturated heterocycles. The number of pyridine rings is 2. The summed E-state index contributed by atoms with van der Waals surface area (Å²) in [4.78, 5) is 97.4. The van der Waals surface area contributed by atoms with Crippen LogP contribution in [0.3, 0.4) is 0 Å². The number of thiazole rings is 1. The highest BCUT2D eigenvalue weighted by molar-refractivity contribution is 7.13. The lowest BCUT2D eigenvalue weighted by Gasteiger charge is -2.35. The van der Waals surface area contributed by atoms with E-state index in [1.807, 2.05) is 62.4 Å². The Labute approximate surface area is 437 Å². The summed E-state index contributed by atoms with van der Waals surface area (Å²) in [5, 5.41) is 19.3. The molecule has 23 heteroatoms. The number of hydrogen-bond acceptors (Lipinski definition) is 17. The van der Waals surface area contributed by atoms with E-state index < -0.39 is 41.5 Å². The summed E-state index contributed by atoms with van der Waals surface area (Å²) >= 11 is 1.57. The first-order valence-corrected chi connectivity index (χ1v) is 25.7. The van der Waals surface area contributed by atoms with Gasteiger partial charge in [0, 0.05) is 63.6 Å². The van der Waals surface area contributed by atoms with Gasteiger partial charge in [-0.25, -0.2) is 24.7 Å². The minimum absolute atomic E-state index is 0.0404. The number of piperazine rings is 1. The lowest BCUT2D eigenvalue weighted by molar-refractivity contribution is -0.144. The molecular formula is C52H61N13O9S. The molecule has 0 unspecified atom stereocenters. The first kappa shape index (κ1) is 52.1. The maximum absolute atomic E-state index is 14.1. The third-order valence-electron chi connectivity index (χ3n) is 13.0. The molecule has 9 rings (SSSR count). The number of carbonyl (C=O) groups is 5. The number of aryl methyl sites for hydroxylation is 1. The smallest absolute Gasteiger partial charge is 0.414 e. The third kappa shape index (κ3) is 12.4. The van der Waals surface area contributed by atoms with Crippen LogP contribution in [0.15, 0.2) is 79.0 Å². The van der Waals surface area contributed by atoms with Crippen LogP contribution in [0, 0.1) is 12.3 Å². The Morgan fingerprint density at radius 2 is 1.69 bits per heavy atom. The second-order valence-electron chi connectivity index (χ2n) is 20.0. The van der Waals surface area contributed by atoms with Crippen molar-refractivity contribution < 1.29 is 43.3 Å². The standard InChI is InChI=1S/C52H61N13O9S/c1-31(2)74-51(71)64-17-18-72-49-40(64)19-35(22-56-49)38-26-63-27-41(58-43(63)24-53-38)59-44(67)28-61-13-15-62(16-14-61)42-12-11-37(23-54-42)73-29-45(68)60-47(52(4,5)6)50(70)65-25-36(66)20-39(65)48(69)55-21-33-7-9-34(10-8-33)46-32(3)57-30-75-46/h7-12,19,22-24,26-27,30-31,36,39,47,66H,13-18,20-21,25,28-29H2,1-6H3,(H,55,69)(H,59,67)(H,60,68)/t36-,39+,47-/m1/s1. The molecule has 2 fully saturated rings. The van der Waals surface area contributed by atoms with E-state index in [2.05, 4.69) is 45.8 Å². The Morgan fingerprint density at radius 1 is 0.907 bits per heavy atom. The van der Waals surface area contributed by atoms with Crippen molar-refractivity contribution in [3.63, 3.8) is 0 Å². The van der Waals surface area contributed by atoms with E-state index in [1.165, 1.54) is 16.0 Å². The van der Waals surface area contributed by atoms with Crippen molar-refractivity contribution in [2.24, 2.45) is 5.41 Å². The number of nitrogens with one attached hydrogen (secondary N) is 3. The molecule has 0 bridgehead atoms. The van der Waals surface area contributed by atoms with Crippen molar-refractivity contribution in [3.8, 4) is 33.3 Å². The molecule has 3 atom stereocenters. The average Bonchev–Trinajstić information content (AvgIpc) is 4.13. The topological polar surface area (TPSA) is 251 Å². The number of imidazole rings is 1. The molecule has 5 aromatic heterocycles. The van der Waals surface area contributed by atoms with Gasteiger partial charge in [0.05, 0.1) is 65.7 Å². The number of likely N-dealkylation sites (tertiary alicyclic amines) is 1. The number of amides is 5. The number of benzene rings is 1. The van der Waals surface area contributed by atoms with E-state index in [4.69, 9.17) is 14.2 Å². The fourth-order valence-electron chi connectivity index (χ4n) is 9.10. The van der Waals surface area contributed by atoms with Gasteiger partial charge in [0.1, 0.15) is 35.9 Å². The van der Waals surface area contributed by atoms with Gasteiger partial charge >= 0.3 is 6.09 Å². The zero-order valence-corrected chi connectivity index (χ0v) is 43.5. The van der Waals surface area contributed by atoms with Gasteiger partial charge in [-0.1, -0.05) is 45.0 Å². The molecule has 4 N–H and O–H groups in total. The number of anilines is 3. The Kier molecular flexibility index (Phi) is 15.6. The predicted octanol–water partition coefficient (Wildman–Crippen LogP) is 4.31. The van der Waals surface area contributed by atoms with Crippen LogP contribution in [0.2, 0.25) is 0 Å². The molecule has 1 aromatic carbocycles. The summed E-state index contributed by atoms with van der Waals surface area (Å²) in [6.07, 6.45) is 6.65. The van der Waals surface area contributed by atoms with E-state index in [0.29, 0.717) is 85.2 Å². The first-order chi connectivity index (χ1) is 35.9. The number of carbonyl (C=O) groups excluding carboxylic acids is 5. The maximum Gasteiger partial charge on any atom is 0.414 e. The van der Waals surface area contributed by atoms with Gasteiger partial charge in [-0.05, 0) is 55.5 Å². The number of ether oxygens (including phenoxy) is 3. The van der Waals surface area contributed by atoms with Crippen molar-refractivity contribution in [1.29, 1.82) is 0 Å². The highest BCUT2D eigenvalue weighted by Gasteiger charge is 2.44. The fourth-order valence-corrected chi connectivity index (χ4v) is 9.91. The lowest BCUT2D eigenvalue weighted by Crippen LogP contribution is -2.58. The van der Waals surface area contributed by atoms with Crippen molar-refractivity contribution in [3.05, 3.63) is 90.2 Å². The van der Waals surface area contributed by atoms with Crippen LogP contribution in [0.1, 0.15) is 52.3 Å². The molecule has 394 valence electrons. The number of fused-ring (bicyclic) bond motifs is 2. The minimum atomic E-state index is -1.01.